The topological polar surface area (TPSA) is 214 Å². The van der Waals surface area contributed by atoms with E-state index in [9.17, 15) is 48.6 Å². The van der Waals surface area contributed by atoms with Gasteiger partial charge in [0.25, 0.3) is 0 Å². The van der Waals surface area contributed by atoms with Crippen molar-refractivity contribution in [1.82, 2.24) is 0 Å². The lowest BCUT2D eigenvalue weighted by Gasteiger charge is -2.34. The summed E-state index contributed by atoms with van der Waals surface area (Å²) in [5, 5.41) is 18.9. The number of hydrogen-bond acceptors (Lipinski definition) is 14. The van der Waals surface area contributed by atoms with Gasteiger partial charge in [0.1, 0.15) is 40.6 Å². The number of phenolic OH excluding ortho intramolecular Hbond substituents is 2. The zero-order valence-corrected chi connectivity index (χ0v) is 47.9. The van der Waals surface area contributed by atoms with Crippen LogP contribution < -0.4 is 4.74 Å². The fraction of sp³-hybridized carbons (Fsp3) is 0.524. The van der Waals surface area contributed by atoms with Gasteiger partial charge < -0.3 is 29.2 Å². The van der Waals surface area contributed by atoms with Crippen LogP contribution in [0.2, 0.25) is 0 Å². The molecule has 3 fully saturated rings. The van der Waals surface area contributed by atoms with Crippen molar-refractivity contribution in [2.75, 3.05) is 14.2 Å². The average Bonchev–Trinajstić information content (AvgIpc) is 3.38. The number of benzene rings is 2. The molecule has 8 rings (SSSR count). The molecule has 77 heavy (non-hydrogen) atoms. The lowest BCUT2D eigenvalue weighted by atomic mass is 9.71. The van der Waals surface area contributed by atoms with Crippen LogP contribution in [0, 0.1) is 42.4 Å². The average molecular weight is 1070 g/mol. The van der Waals surface area contributed by atoms with Crippen molar-refractivity contribution in [3.05, 3.63) is 111 Å². The van der Waals surface area contributed by atoms with Gasteiger partial charge in [0, 0.05) is 29.6 Å². The van der Waals surface area contributed by atoms with E-state index in [4.69, 9.17) is 9.47 Å². The lowest BCUT2D eigenvalue weighted by Crippen LogP contribution is -2.38. The number of rotatable bonds is 6. The number of Topliss-reactive ketones (excluding diaryl/α,β-unsaturated/α-hetero) is 2. The van der Waals surface area contributed by atoms with Crippen LogP contribution in [0.3, 0.4) is 0 Å². The van der Waals surface area contributed by atoms with Gasteiger partial charge in [-0.25, -0.2) is 4.79 Å². The smallest absolute Gasteiger partial charge is 0.341 e. The van der Waals surface area contributed by atoms with E-state index in [1.807, 2.05) is 57.2 Å². The second-order valence-corrected chi connectivity index (χ2v) is 21.6. The maximum Gasteiger partial charge on any atom is 0.341 e. The molecule has 2 N–H and O–H groups in total. The van der Waals surface area contributed by atoms with Crippen molar-refractivity contribution in [1.29, 1.82) is 0 Å². The molecule has 6 aliphatic rings. The molecular weight excluding hydrogens is 981 g/mol. The molecule has 0 amide bonds. The summed E-state index contributed by atoms with van der Waals surface area (Å²) in [5.74, 6) is -1.46. The standard InChI is InChI=1S/C13H20O.C13H18O.C10H12O4.C9H12O4.C9H14O2.C9H8O2/c2*1-5-7-11(14)12-10(2)8-6-9-13(12,3)4;1-5-4-7(11)6(2)9(12)8(5)10(13)14-3;1-5-7(10)4-3-6(8(5)11)9(12)13-2;2*10-9-6-5-7-3-1-2-4-8(7)11-9/h5,7H,6,8-9H2,1-4H3;5-8H,9H2,1-4H3;4,11-12H,1-3H3;5-6H,3-4H2,1-2H3;7-8H,1-6H2;1-4H,5-6H2/b2*7-5+;;;;. The molecule has 4 aliphatic carbocycles. The molecule has 4 atom stereocenters. The zero-order valence-electron chi connectivity index (χ0n) is 47.9. The molecule has 2 aromatic rings. The summed E-state index contributed by atoms with van der Waals surface area (Å²) in [6.45, 7) is 21.1. The number of hydrogen-bond donors (Lipinski definition) is 2. The van der Waals surface area contributed by atoms with Crippen molar-refractivity contribution in [2.24, 2.45) is 28.6 Å². The first-order chi connectivity index (χ1) is 36.3. The third-order valence-corrected chi connectivity index (χ3v) is 14.8. The van der Waals surface area contributed by atoms with Crippen molar-refractivity contribution in [3.63, 3.8) is 0 Å². The number of carbonyl (C=O) groups is 8. The van der Waals surface area contributed by atoms with Gasteiger partial charge in [-0.05, 0) is 170 Å². The number of methoxy groups -OCH3 is 2. The van der Waals surface area contributed by atoms with Crippen molar-refractivity contribution in [3.8, 4) is 17.2 Å². The van der Waals surface area contributed by atoms with E-state index in [-0.39, 0.29) is 74.6 Å². The highest BCUT2D eigenvalue weighted by Gasteiger charge is 2.39. The molecule has 2 heterocycles. The summed E-state index contributed by atoms with van der Waals surface area (Å²) in [4.78, 5) is 90.3. The quantitative estimate of drug-likeness (QED) is 0.0905. The number of aromatic hydroxyl groups is 2. The first-order valence-corrected chi connectivity index (χ1v) is 26.9. The molecule has 14 heteroatoms. The van der Waals surface area contributed by atoms with Gasteiger partial charge in [0.05, 0.1) is 26.6 Å². The summed E-state index contributed by atoms with van der Waals surface area (Å²) in [6.07, 6.45) is 24.4. The minimum atomic E-state index is -0.724. The number of ketones is 4. The molecule has 0 bridgehead atoms. The number of carbonyl (C=O) groups excluding carboxylic acids is 8. The molecule has 2 saturated carbocycles. The second-order valence-electron chi connectivity index (χ2n) is 21.6. The number of fused-ring (bicyclic) bond motifs is 2. The predicted octanol–water partition coefficient (Wildman–Crippen LogP) is 12.4. The molecule has 14 nitrogen and oxygen atoms in total. The van der Waals surface area contributed by atoms with Crippen LogP contribution in [0.4, 0.5) is 0 Å². The molecule has 0 spiro atoms. The summed E-state index contributed by atoms with van der Waals surface area (Å²) in [6, 6.07) is 9.06. The largest absolute Gasteiger partial charge is 0.508 e. The minimum Gasteiger partial charge on any atom is -0.508 e. The number of ether oxygens (including phenoxy) is 4. The van der Waals surface area contributed by atoms with E-state index in [0.29, 0.717) is 37.2 Å². The summed E-state index contributed by atoms with van der Waals surface area (Å²) in [7, 11) is 2.49. The number of para-hydroxylation sites is 1. The Morgan fingerprint density at radius 2 is 1.36 bits per heavy atom. The predicted molar refractivity (Wildman–Crippen MR) is 296 cm³/mol. The normalized spacial score (nSPS) is 21.9. The van der Waals surface area contributed by atoms with E-state index in [1.165, 1.54) is 58.5 Å². The first kappa shape index (κ1) is 64.6. The van der Waals surface area contributed by atoms with Crippen LogP contribution in [0.5, 0.6) is 17.2 Å². The van der Waals surface area contributed by atoms with Gasteiger partial charge >= 0.3 is 23.9 Å². The number of phenols is 2. The van der Waals surface area contributed by atoms with Crippen LogP contribution in [0.25, 0.3) is 0 Å². The maximum atomic E-state index is 11.9. The van der Waals surface area contributed by atoms with Crippen LogP contribution in [0.15, 0.2) is 89.1 Å². The lowest BCUT2D eigenvalue weighted by molar-refractivity contribution is -0.160. The van der Waals surface area contributed by atoms with Crippen molar-refractivity contribution >= 4 is 47.0 Å². The summed E-state index contributed by atoms with van der Waals surface area (Å²) in [5.41, 5.74) is 6.42. The summed E-state index contributed by atoms with van der Waals surface area (Å²) < 4.78 is 19.2. The third kappa shape index (κ3) is 18.5. The molecule has 0 aromatic heterocycles. The van der Waals surface area contributed by atoms with E-state index >= 15 is 0 Å². The molecule has 2 aromatic carbocycles. The highest BCUT2D eigenvalue weighted by atomic mass is 16.5. The van der Waals surface area contributed by atoms with Crippen LogP contribution in [0.1, 0.15) is 173 Å². The van der Waals surface area contributed by atoms with Gasteiger partial charge in [0.2, 0.25) is 0 Å². The van der Waals surface area contributed by atoms with Gasteiger partial charge in [-0.1, -0.05) is 82.2 Å². The maximum absolute atomic E-state index is 11.9. The highest BCUT2D eigenvalue weighted by molar-refractivity contribution is 6.12. The van der Waals surface area contributed by atoms with Crippen LogP contribution >= 0.6 is 0 Å². The van der Waals surface area contributed by atoms with Crippen LogP contribution in [-0.2, 0) is 54.2 Å². The molecule has 4 unspecified atom stereocenters. The van der Waals surface area contributed by atoms with Crippen molar-refractivity contribution < 1.29 is 67.5 Å². The number of esters is 4. The monoisotopic (exact) mass is 1060 g/mol. The Bertz CT molecular complexity index is 2630. The molecule has 2 aliphatic heterocycles. The van der Waals surface area contributed by atoms with Gasteiger partial charge in [0.15, 0.2) is 17.3 Å². The summed E-state index contributed by atoms with van der Waals surface area (Å²) >= 11 is 0. The van der Waals surface area contributed by atoms with Crippen molar-refractivity contribution in [2.45, 2.75) is 172 Å². The number of allylic oxidation sites excluding steroid dienone is 10. The van der Waals surface area contributed by atoms with E-state index in [2.05, 4.69) is 50.2 Å². The zero-order chi connectivity index (χ0) is 57.8. The Kier molecular flexibility index (Phi) is 25.4. The molecule has 1 saturated heterocycles. The van der Waals surface area contributed by atoms with E-state index < -0.39 is 23.8 Å². The number of aryl methyl sites for hydroxylation is 2. The fourth-order valence-corrected chi connectivity index (χ4v) is 10.5. The Labute approximate surface area is 456 Å². The van der Waals surface area contributed by atoms with Crippen LogP contribution in [-0.4, -0.2) is 77.5 Å². The highest BCUT2D eigenvalue weighted by Crippen LogP contribution is 2.41. The van der Waals surface area contributed by atoms with Gasteiger partial charge in [-0.15, -0.1) is 0 Å². The fourth-order valence-electron chi connectivity index (χ4n) is 10.5. The first-order valence-electron chi connectivity index (χ1n) is 26.9. The molecule has 420 valence electrons. The molecule has 0 radical (unpaired) electrons. The Balaban J connectivity index is 0.000000244. The molecular formula is C63H84O14. The SMILES string of the molecule is C/C=C/C(=O)C1=C(C)C=CCC1(C)C.C/C=C/C(=O)C1=C(C)CCCC1(C)C.COC(=O)C1CCC(=O)C(C)C1=O.COC(=O)c1c(C)cc(O)c(C)c1O.O=C1CCC2CCCCC2O1.O=C1CCc2ccccc2O1. The van der Waals surface area contributed by atoms with Gasteiger partial charge in [-0.3, -0.25) is 33.6 Å². The van der Waals surface area contributed by atoms with E-state index in [0.717, 1.165) is 66.6 Å². The third-order valence-electron chi connectivity index (χ3n) is 14.8. The minimum absolute atomic E-state index is 0.0184. The Morgan fingerprint density at radius 3 is 1.97 bits per heavy atom. The van der Waals surface area contributed by atoms with E-state index in [1.54, 1.807) is 32.1 Å². The van der Waals surface area contributed by atoms with Gasteiger partial charge in [-0.2, -0.15) is 0 Å². The second kappa shape index (κ2) is 30.3. The Morgan fingerprint density at radius 1 is 0.727 bits per heavy atom. The Hall–Kier alpha value is -6.70.